The van der Waals surface area contributed by atoms with Crippen LogP contribution in [0.1, 0.15) is 30.1 Å². The van der Waals surface area contributed by atoms with Gasteiger partial charge in [0.2, 0.25) is 0 Å². The number of piperidine rings is 1. The Labute approximate surface area is 117 Å². The molecule has 1 fully saturated rings. The van der Waals surface area contributed by atoms with E-state index in [9.17, 15) is 4.39 Å². The number of halogens is 1. The van der Waals surface area contributed by atoms with Gasteiger partial charge in [0, 0.05) is 5.41 Å². The summed E-state index contributed by atoms with van der Waals surface area (Å²) >= 11 is 0. The zero-order valence-corrected chi connectivity index (χ0v) is 11.6. The van der Waals surface area contributed by atoms with Gasteiger partial charge in [0.15, 0.2) is 5.82 Å². The highest BCUT2D eigenvalue weighted by atomic mass is 19.1. The van der Waals surface area contributed by atoms with Gasteiger partial charge in [-0.05, 0) is 57.0 Å². The lowest BCUT2D eigenvalue weighted by molar-refractivity contribution is 0.290. The van der Waals surface area contributed by atoms with Crippen molar-refractivity contribution in [3.63, 3.8) is 0 Å². The molecular weight excluding hydrogens is 255 g/mol. The average Bonchev–Trinajstić information content (AvgIpc) is 2.90. The van der Waals surface area contributed by atoms with E-state index in [1.807, 2.05) is 19.1 Å². The topological polar surface area (TPSA) is 53.6 Å². The summed E-state index contributed by atoms with van der Waals surface area (Å²) in [7, 11) is 0. The minimum Gasteiger partial charge on any atom is -0.317 e. The Morgan fingerprint density at radius 1 is 1.20 bits per heavy atom. The van der Waals surface area contributed by atoms with Gasteiger partial charge in [-0.25, -0.2) is 9.37 Å². The van der Waals surface area contributed by atoms with E-state index in [-0.39, 0.29) is 11.2 Å². The van der Waals surface area contributed by atoms with Crippen LogP contribution in [-0.2, 0) is 11.8 Å². The molecule has 5 heteroatoms. The molecule has 0 atom stereocenters. The van der Waals surface area contributed by atoms with Crippen molar-refractivity contribution in [3.05, 3.63) is 47.3 Å². The molecule has 2 N–H and O–H groups in total. The Morgan fingerprint density at radius 3 is 2.50 bits per heavy atom. The van der Waals surface area contributed by atoms with Crippen LogP contribution in [0, 0.1) is 12.7 Å². The monoisotopic (exact) mass is 274 g/mol. The Bertz CT molecular complexity index is 570. The molecule has 2 aromatic rings. The van der Waals surface area contributed by atoms with Gasteiger partial charge in [0.25, 0.3) is 0 Å². The molecule has 1 aliphatic heterocycles. The highest BCUT2D eigenvalue weighted by Crippen LogP contribution is 2.34. The van der Waals surface area contributed by atoms with Crippen LogP contribution in [0.4, 0.5) is 4.39 Å². The van der Waals surface area contributed by atoms with Crippen LogP contribution in [-0.4, -0.2) is 28.3 Å². The normalized spacial score (nSPS) is 18.1. The highest BCUT2D eigenvalue weighted by molar-refractivity contribution is 5.23. The lowest BCUT2D eigenvalue weighted by atomic mass is 9.73. The molecule has 1 aromatic carbocycles. The van der Waals surface area contributed by atoms with E-state index in [1.54, 1.807) is 0 Å². The summed E-state index contributed by atoms with van der Waals surface area (Å²) < 4.78 is 13.0. The molecule has 0 unspecified atom stereocenters. The first-order valence-electron chi connectivity index (χ1n) is 7.03. The number of aromatic amines is 1. The van der Waals surface area contributed by atoms with E-state index in [4.69, 9.17) is 0 Å². The number of H-pyrrole nitrogens is 1. The molecule has 0 saturated carbocycles. The molecule has 2 heterocycles. The Morgan fingerprint density at radius 2 is 1.90 bits per heavy atom. The molecule has 1 aromatic heterocycles. The van der Waals surface area contributed by atoms with Crippen LogP contribution in [0.5, 0.6) is 0 Å². The van der Waals surface area contributed by atoms with Crippen molar-refractivity contribution in [2.75, 3.05) is 13.1 Å². The number of nitrogens with zero attached hydrogens (tertiary/aromatic N) is 2. The summed E-state index contributed by atoms with van der Waals surface area (Å²) in [5, 5.41) is 10.7. The van der Waals surface area contributed by atoms with Gasteiger partial charge in [-0.3, -0.25) is 5.10 Å². The Kier molecular flexibility index (Phi) is 3.53. The molecule has 0 bridgehead atoms. The van der Waals surface area contributed by atoms with Crippen molar-refractivity contribution in [3.8, 4) is 0 Å². The molecule has 106 valence electrons. The maximum Gasteiger partial charge on any atom is 0.157 e. The number of aromatic nitrogens is 3. The summed E-state index contributed by atoms with van der Waals surface area (Å²) in [6.45, 7) is 3.85. The number of benzene rings is 1. The fraction of sp³-hybridized carbons (Fsp3) is 0.467. The molecule has 3 rings (SSSR count). The van der Waals surface area contributed by atoms with E-state index in [2.05, 4.69) is 20.5 Å². The molecule has 1 saturated heterocycles. The predicted octanol–water partition coefficient (Wildman–Crippen LogP) is 2.12. The van der Waals surface area contributed by atoms with Crippen LogP contribution >= 0.6 is 0 Å². The zero-order valence-electron chi connectivity index (χ0n) is 11.6. The summed E-state index contributed by atoms with van der Waals surface area (Å²) in [6, 6.07) is 6.76. The summed E-state index contributed by atoms with van der Waals surface area (Å²) in [6.07, 6.45) is 2.86. The summed E-state index contributed by atoms with van der Waals surface area (Å²) in [5.74, 6) is 1.54. The van der Waals surface area contributed by atoms with E-state index in [1.165, 1.54) is 12.1 Å². The highest BCUT2D eigenvalue weighted by Gasteiger charge is 2.37. The summed E-state index contributed by atoms with van der Waals surface area (Å²) in [4.78, 5) is 4.55. The van der Waals surface area contributed by atoms with E-state index in [0.29, 0.717) is 0 Å². The van der Waals surface area contributed by atoms with Crippen molar-refractivity contribution in [2.45, 2.75) is 31.6 Å². The molecular formula is C15H19FN4. The van der Waals surface area contributed by atoms with E-state index < -0.39 is 0 Å². The first-order chi connectivity index (χ1) is 9.68. The lowest BCUT2D eigenvalue weighted by Gasteiger charge is -2.35. The van der Waals surface area contributed by atoms with Crippen LogP contribution in [0.15, 0.2) is 24.3 Å². The minimum atomic E-state index is -0.193. The molecule has 0 amide bonds. The van der Waals surface area contributed by atoms with Crippen LogP contribution in [0.2, 0.25) is 0 Å². The third-order valence-electron chi connectivity index (χ3n) is 4.09. The largest absolute Gasteiger partial charge is 0.317 e. The number of nitrogens with one attached hydrogen (secondary N) is 2. The molecule has 0 radical (unpaired) electrons. The van der Waals surface area contributed by atoms with Gasteiger partial charge in [0.05, 0.1) is 0 Å². The molecule has 0 spiro atoms. The zero-order chi connectivity index (χ0) is 14.0. The number of aryl methyl sites for hydroxylation is 1. The Hall–Kier alpha value is -1.75. The van der Waals surface area contributed by atoms with Crippen LogP contribution in [0.3, 0.4) is 0 Å². The first kappa shape index (κ1) is 13.2. The fourth-order valence-electron chi connectivity index (χ4n) is 2.96. The van der Waals surface area contributed by atoms with Gasteiger partial charge in [0.1, 0.15) is 11.6 Å². The quantitative estimate of drug-likeness (QED) is 0.901. The van der Waals surface area contributed by atoms with Crippen molar-refractivity contribution in [1.29, 1.82) is 0 Å². The first-order valence-corrected chi connectivity index (χ1v) is 7.03. The maximum atomic E-state index is 13.0. The Balaban J connectivity index is 1.91. The minimum absolute atomic E-state index is 0.0478. The number of hydrogen-bond donors (Lipinski definition) is 2. The van der Waals surface area contributed by atoms with Gasteiger partial charge in [-0.15, -0.1) is 0 Å². The molecule has 4 nitrogen and oxygen atoms in total. The van der Waals surface area contributed by atoms with Crippen molar-refractivity contribution >= 4 is 0 Å². The predicted molar refractivity (Wildman–Crippen MR) is 75.0 cm³/mol. The average molecular weight is 274 g/mol. The SMILES string of the molecule is Cc1nc(C2(Cc3ccc(F)cc3)CCNCC2)n[nH]1. The van der Waals surface area contributed by atoms with Crippen LogP contribution < -0.4 is 5.32 Å². The van der Waals surface area contributed by atoms with Gasteiger partial charge >= 0.3 is 0 Å². The standard InChI is InChI=1S/C15H19FN4/c1-11-18-14(20-19-11)15(6-8-17-9-7-15)10-12-2-4-13(16)5-3-12/h2-5,17H,6-10H2,1H3,(H,18,19,20). The van der Waals surface area contributed by atoms with Gasteiger partial charge < -0.3 is 5.32 Å². The van der Waals surface area contributed by atoms with Crippen molar-refractivity contribution in [2.24, 2.45) is 0 Å². The van der Waals surface area contributed by atoms with E-state index >= 15 is 0 Å². The second-order valence-corrected chi connectivity index (χ2v) is 5.58. The van der Waals surface area contributed by atoms with Crippen molar-refractivity contribution in [1.82, 2.24) is 20.5 Å². The smallest absolute Gasteiger partial charge is 0.157 e. The number of hydrogen-bond acceptors (Lipinski definition) is 3. The summed E-state index contributed by atoms with van der Waals surface area (Å²) in [5.41, 5.74) is 1.09. The number of rotatable bonds is 3. The van der Waals surface area contributed by atoms with Gasteiger partial charge in [-0.2, -0.15) is 5.10 Å². The maximum absolute atomic E-state index is 13.0. The van der Waals surface area contributed by atoms with Gasteiger partial charge in [-0.1, -0.05) is 12.1 Å². The molecule has 1 aliphatic rings. The van der Waals surface area contributed by atoms with E-state index in [0.717, 1.165) is 49.6 Å². The lowest BCUT2D eigenvalue weighted by Crippen LogP contribution is -2.42. The third kappa shape index (κ3) is 2.58. The molecule has 0 aliphatic carbocycles. The third-order valence-corrected chi connectivity index (χ3v) is 4.09. The molecule has 20 heavy (non-hydrogen) atoms. The second kappa shape index (κ2) is 5.32. The second-order valence-electron chi connectivity index (χ2n) is 5.58. The van der Waals surface area contributed by atoms with Crippen LogP contribution in [0.25, 0.3) is 0 Å². The van der Waals surface area contributed by atoms with Crippen molar-refractivity contribution < 1.29 is 4.39 Å². The fourth-order valence-corrected chi connectivity index (χ4v) is 2.96.